The highest BCUT2D eigenvalue weighted by Gasteiger charge is 2.08. The van der Waals surface area contributed by atoms with E-state index in [0.717, 1.165) is 11.1 Å². The molecular weight excluding hydrogens is 424 g/mol. The maximum Gasteiger partial charge on any atom is 0.239 e. The van der Waals surface area contributed by atoms with Gasteiger partial charge in [-0.15, -0.1) is 0 Å². The molecule has 3 N–H and O–H groups in total. The number of para-hydroxylation sites is 2. The maximum absolute atomic E-state index is 11.7. The number of phenolic OH excluding ortho intramolecular Hbond substituents is 2. The number of aliphatic hydroxyl groups excluding tert-OH is 1. The van der Waals surface area contributed by atoms with Crippen LogP contribution in [0.15, 0.2) is 109 Å². The normalized spacial score (nSPS) is 10.3. The topological polar surface area (TPSA) is 77.8 Å². The van der Waals surface area contributed by atoms with Crippen LogP contribution in [0.4, 0.5) is 0 Å². The molecule has 4 aromatic rings. The lowest BCUT2D eigenvalue weighted by atomic mass is 10.1. The van der Waals surface area contributed by atoms with Crippen LogP contribution in [-0.4, -0.2) is 21.1 Å². The summed E-state index contributed by atoms with van der Waals surface area (Å²) in [5.74, 6) is 10.5. The van der Waals surface area contributed by atoms with E-state index in [0.29, 0.717) is 5.56 Å². The zero-order chi connectivity index (χ0) is 24.2. The Bertz CT molecular complexity index is 1350. The van der Waals surface area contributed by atoms with E-state index < -0.39 is 6.10 Å². The van der Waals surface area contributed by atoms with Crippen molar-refractivity contribution < 1.29 is 20.1 Å². The summed E-state index contributed by atoms with van der Waals surface area (Å²) in [5, 5.41) is 28.9. The molecule has 4 aromatic carbocycles. The third-order valence-corrected chi connectivity index (χ3v) is 4.60. The Kier molecular flexibility index (Phi) is 8.65. The average Bonchev–Trinajstić information content (AvgIpc) is 2.88. The second kappa shape index (κ2) is 12.3. The molecule has 0 saturated heterocycles. The predicted octanol–water partition coefficient (Wildman–Crippen LogP) is 5.10. The molecule has 4 rings (SSSR count). The number of Topliss-reactive ketones (excluding diaryl/α,β-unsaturated/α-hetero) is 1. The summed E-state index contributed by atoms with van der Waals surface area (Å²) in [5.41, 5.74) is 2.27. The van der Waals surface area contributed by atoms with Gasteiger partial charge in [0, 0.05) is 16.7 Å². The summed E-state index contributed by atoms with van der Waals surface area (Å²) in [6.45, 7) is 0. The van der Waals surface area contributed by atoms with Crippen molar-refractivity contribution in [1.29, 1.82) is 0 Å². The number of carbonyl (C=O) groups is 1. The second-order valence-electron chi connectivity index (χ2n) is 7.06. The van der Waals surface area contributed by atoms with Crippen LogP contribution in [0.5, 0.6) is 11.5 Å². The van der Waals surface area contributed by atoms with Gasteiger partial charge in [0.25, 0.3) is 0 Å². The first-order chi connectivity index (χ1) is 16.5. The number of ketones is 1. The van der Waals surface area contributed by atoms with Gasteiger partial charge in [-0.3, -0.25) is 4.79 Å². The third kappa shape index (κ3) is 7.14. The van der Waals surface area contributed by atoms with Crippen molar-refractivity contribution in [3.63, 3.8) is 0 Å². The van der Waals surface area contributed by atoms with Crippen molar-refractivity contribution in [2.45, 2.75) is 6.10 Å². The van der Waals surface area contributed by atoms with Crippen LogP contribution in [0, 0.1) is 23.7 Å². The summed E-state index contributed by atoms with van der Waals surface area (Å²) in [7, 11) is 0. The number of aromatic hydroxyl groups is 2. The van der Waals surface area contributed by atoms with Crippen molar-refractivity contribution in [1.82, 2.24) is 0 Å². The number of carbonyl (C=O) groups excluding carboxylic acids is 1. The van der Waals surface area contributed by atoms with Gasteiger partial charge < -0.3 is 15.3 Å². The Labute approximate surface area is 198 Å². The average molecular weight is 447 g/mol. The molecule has 1 atom stereocenters. The fourth-order valence-corrected chi connectivity index (χ4v) is 2.85. The molecule has 166 valence electrons. The Balaban J connectivity index is 0.000000191. The van der Waals surface area contributed by atoms with Gasteiger partial charge in [0.05, 0.1) is 5.56 Å². The number of benzene rings is 4. The van der Waals surface area contributed by atoms with E-state index in [-0.39, 0.29) is 22.8 Å². The van der Waals surface area contributed by atoms with E-state index in [1.807, 2.05) is 60.7 Å². The zero-order valence-electron chi connectivity index (χ0n) is 18.2. The molecule has 0 bridgehead atoms. The molecule has 0 aliphatic carbocycles. The molecule has 0 aliphatic heterocycles. The Morgan fingerprint density at radius 3 is 1.71 bits per heavy atom. The molecule has 0 aliphatic rings. The molecule has 0 heterocycles. The number of hydrogen-bond donors (Lipinski definition) is 3. The van der Waals surface area contributed by atoms with E-state index in [1.165, 1.54) is 12.1 Å². The second-order valence-corrected chi connectivity index (χ2v) is 7.06. The quantitative estimate of drug-likeness (QED) is 0.296. The molecule has 1 unspecified atom stereocenters. The van der Waals surface area contributed by atoms with Crippen LogP contribution in [-0.2, 0) is 0 Å². The molecule has 0 saturated carbocycles. The van der Waals surface area contributed by atoms with E-state index in [4.69, 9.17) is 0 Å². The number of rotatable bonds is 2. The first-order valence-electron chi connectivity index (χ1n) is 10.5. The van der Waals surface area contributed by atoms with E-state index >= 15 is 0 Å². The molecule has 0 aromatic heterocycles. The van der Waals surface area contributed by atoms with Crippen LogP contribution in [0.2, 0.25) is 0 Å². The van der Waals surface area contributed by atoms with Gasteiger partial charge in [0.15, 0.2) is 0 Å². The molecule has 4 heteroatoms. The van der Waals surface area contributed by atoms with Gasteiger partial charge in [0.2, 0.25) is 5.78 Å². The van der Waals surface area contributed by atoms with Gasteiger partial charge in [-0.05, 0) is 48.4 Å². The molecule has 0 amide bonds. The van der Waals surface area contributed by atoms with Crippen molar-refractivity contribution in [3.05, 3.63) is 131 Å². The highest BCUT2D eigenvalue weighted by molar-refractivity contribution is 6.10. The first-order valence-corrected chi connectivity index (χ1v) is 10.5. The summed E-state index contributed by atoms with van der Waals surface area (Å²) < 4.78 is 0. The fraction of sp³-hybridized carbons (Fsp3) is 0.0333. The van der Waals surface area contributed by atoms with Gasteiger partial charge >= 0.3 is 0 Å². The van der Waals surface area contributed by atoms with Crippen LogP contribution in [0.25, 0.3) is 0 Å². The standard InChI is InChI=1S/C15H12O2.C15H10O2/c2*16-14-9-5-4-8-13(14)15(17)11-10-12-6-2-1-3-7-12/h1-9,15-17H;1-9,16H. The Morgan fingerprint density at radius 2 is 1.12 bits per heavy atom. The van der Waals surface area contributed by atoms with E-state index in [2.05, 4.69) is 23.7 Å². The largest absolute Gasteiger partial charge is 0.508 e. The highest BCUT2D eigenvalue weighted by Crippen LogP contribution is 2.22. The van der Waals surface area contributed by atoms with Gasteiger partial charge in [-0.25, -0.2) is 0 Å². The Hall–Kier alpha value is -4.77. The fourth-order valence-electron chi connectivity index (χ4n) is 2.85. The summed E-state index contributed by atoms with van der Waals surface area (Å²) >= 11 is 0. The molecular formula is C30H22O4. The zero-order valence-corrected chi connectivity index (χ0v) is 18.2. The van der Waals surface area contributed by atoms with Crippen molar-refractivity contribution in [2.24, 2.45) is 0 Å². The minimum absolute atomic E-state index is 0.0418. The SMILES string of the molecule is O=C(C#Cc1ccccc1)c1ccccc1O.Oc1ccccc1C(O)C#Cc1ccccc1. The predicted molar refractivity (Wildman–Crippen MR) is 132 cm³/mol. The van der Waals surface area contributed by atoms with Crippen LogP contribution < -0.4 is 0 Å². The Morgan fingerprint density at radius 1 is 0.618 bits per heavy atom. The number of aliphatic hydroxyl groups is 1. The highest BCUT2D eigenvalue weighted by atomic mass is 16.3. The maximum atomic E-state index is 11.7. The molecule has 0 radical (unpaired) electrons. The summed E-state index contributed by atoms with van der Waals surface area (Å²) in [6.07, 6.45) is -0.976. The lowest BCUT2D eigenvalue weighted by Crippen LogP contribution is -1.95. The van der Waals surface area contributed by atoms with Crippen LogP contribution in [0.3, 0.4) is 0 Å². The molecule has 4 nitrogen and oxygen atoms in total. The number of phenols is 2. The van der Waals surface area contributed by atoms with Gasteiger partial charge in [-0.1, -0.05) is 84.5 Å². The van der Waals surface area contributed by atoms with Crippen molar-refractivity contribution in [2.75, 3.05) is 0 Å². The van der Waals surface area contributed by atoms with E-state index in [1.54, 1.807) is 36.4 Å². The first kappa shape index (κ1) is 23.9. The molecule has 34 heavy (non-hydrogen) atoms. The van der Waals surface area contributed by atoms with Crippen LogP contribution in [0.1, 0.15) is 33.2 Å². The smallest absolute Gasteiger partial charge is 0.239 e. The molecule has 0 fully saturated rings. The lowest BCUT2D eigenvalue weighted by Gasteiger charge is -2.05. The molecule has 0 spiro atoms. The third-order valence-electron chi connectivity index (χ3n) is 4.60. The minimum atomic E-state index is -0.976. The van der Waals surface area contributed by atoms with Gasteiger partial charge in [0.1, 0.15) is 17.6 Å². The van der Waals surface area contributed by atoms with Crippen molar-refractivity contribution >= 4 is 5.78 Å². The minimum Gasteiger partial charge on any atom is -0.508 e. The van der Waals surface area contributed by atoms with Gasteiger partial charge in [-0.2, -0.15) is 0 Å². The monoisotopic (exact) mass is 446 g/mol. The summed E-state index contributed by atoms with van der Waals surface area (Å²) in [4.78, 5) is 11.7. The number of hydrogen-bond acceptors (Lipinski definition) is 4. The van der Waals surface area contributed by atoms with E-state index in [9.17, 15) is 20.1 Å². The van der Waals surface area contributed by atoms with Crippen molar-refractivity contribution in [3.8, 4) is 35.2 Å². The van der Waals surface area contributed by atoms with Crippen LogP contribution >= 0.6 is 0 Å². The summed E-state index contributed by atoms with van der Waals surface area (Å²) in [6, 6.07) is 31.7. The lowest BCUT2D eigenvalue weighted by molar-refractivity contribution is 0.105.